The number of nitrogens with one attached hydrogen (secondary N) is 2. The predicted octanol–water partition coefficient (Wildman–Crippen LogP) is 5.23. The number of benzene rings is 2. The number of amides is 2. The second kappa shape index (κ2) is 15.4. The van der Waals surface area contributed by atoms with E-state index < -0.39 is 25.7 Å². The average Bonchev–Trinajstić information content (AvgIpc) is 2.95. The van der Waals surface area contributed by atoms with Crippen LogP contribution in [0.4, 0.5) is 0 Å². The second-order valence-corrected chi connectivity index (χ2v) is 16.1. The lowest BCUT2D eigenvalue weighted by molar-refractivity contribution is -0.129. The lowest BCUT2D eigenvalue weighted by Crippen LogP contribution is -2.65. The Balaban J connectivity index is 2.24. The Bertz CT molecular complexity index is 1210. The standard InChI is InChI=1S/C35H46N2O3Si/c1-8-10-19-28(20-18-26-36-33(39)32(34(3,4)5)37-31(38)25-11-9-2)27-35(6,7)41(40,29-21-14-12-15-22-29)30-23-16-13-17-24-30/h2,8,10-18,21-26,28,32,40H,19-20,27H2,1,3-7H3,(H,36,39)(H,37,38)/b10-8-,25-11+,26-18-/t28-,32+/m0/s1. The van der Waals surface area contributed by atoms with Crippen LogP contribution >= 0.6 is 0 Å². The lowest BCUT2D eigenvalue weighted by Gasteiger charge is -2.43. The van der Waals surface area contributed by atoms with Crippen molar-refractivity contribution in [3.63, 3.8) is 0 Å². The summed E-state index contributed by atoms with van der Waals surface area (Å²) in [5.41, 5.74) is -0.500. The minimum absolute atomic E-state index is 0.243. The molecule has 0 aliphatic carbocycles. The van der Waals surface area contributed by atoms with Crippen LogP contribution in [0, 0.1) is 23.7 Å². The summed E-state index contributed by atoms with van der Waals surface area (Å²) in [6.07, 6.45) is 17.9. The second-order valence-electron chi connectivity index (χ2n) is 12.2. The molecule has 6 heteroatoms. The van der Waals surface area contributed by atoms with E-state index in [1.807, 2.05) is 94.4 Å². The quantitative estimate of drug-likeness (QED) is 0.134. The molecule has 2 aromatic carbocycles. The molecule has 0 spiro atoms. The normalized spacial score (nSPS) is 14.2. The number of terminal acetylenes is 1. The zero-order chi connectivity index (χ0) is 30.5. The van der Waals surface area contributed by atoms with Crippen molar-refractivity contribution < 1.29 is 14.4 Å². The summed E-state index contributed by atoms with van der Waals surface area (Å²) in [6.45, 7) is 12.1. The first-order chi connectivity index (χ1) is 19.4. The number of allylic oxidation sites excluding steroid dienone is 4. The van der Waals surface area contributed by atoms with Crippen molar-refractivity contribution in [2.45, 2.75) is 71.9 Å². The third kappa shape index (κ3) is 9.45. The predicted molar refractivity (Wildman–Crippen MR) is 173 cm³/mol. The largest absolute Gasteiger partial charge is 0.424 e. The molecule has 0 saturated heterocycles. The van der Waals surface area contributed by atoms with Gasteiger partial charge in [-0.05, 0) is 65.2 Å². The first-order valence-corrected chi connectivity index (χ1v) is 16.1. The molecule has 2 rings (SSSR count). The van der Waals surface area contributed by atoms with Crippen molar-refractivity contribution in [3.8, 4) is 12.3 Å². The van der Waals surface area contributed by atoms with Gasteiger partial charge in [0.15, 0.2) is 0 Å². The van der Waals surface area contributed by atoms with Gasteiger partial charge < -0.3 is 15.4 Å². The topological polar surface area (TPSA) is 78.4 Å². The summed E-state index contributed by atoms with van der Waals surface area (Å²) in [5, 5.41) is 7.21. The summed E-state index contributed by atoms with van der Waals surface area (Å²) in [4.78, 5) is 37.8. The molecule has 0 saturated carbocycles. The van der Waals surface area contributed by atoms with Crippen molar-refractivity contribution in [1.29, 1.82) is 0 Å². The number of rotatable bonds is 13. The molecule has 5 nitrogen and oxygen atoms in total. The van der Waals surface area contributed by atoms with Gasteiger partial charge in [-0.1, -0.05) is 119 Å². The zero-order valence-electron chi connectivity index (χ0n) is 25.4. The molecular formula is C35H46N2O3Si. The molecule has 0 aromatic heterocycles. The highest BCUT2D eigenvalue weighted by molar-refractivity contribution is 6.98. The molecule has 41 heavy (non-hydrogen) atoms. The van der Waals surface area contributed by atoms with E-state index in [0.29, 0.717) is 0 Å². The van der Waals surface area contributed by atoms with E-state index in [1.165, 1.54) is 12.2 Å². The Hall–Kier alpha value is -3.66. The third-order valence-electron chi connectivity index (χ3n) is 7.43. The van der Waals surface area contributed by atoms with Crippen LogP contribution in [-0.4, -0.2) is 31.0 Å². The number of carbonyl (C=O) groups excluding carboxylic acids is 2. The van der Waals surface area contributed by atoms with Crippen LogP contribution in [0.5, 0.6) is 0 Å². The third-order valence-corrected chi connectivity index (χ3v) is 11.9. The van der Waals surface area contributed by atoms with Crippen LogP contribution in [0.2, 0.25) is 5.04 Å². The van der Waals surface area contributed by atoms with Crippen LogP contribution < -0.4 is 21.0 Å². The fraction of sp³-hybridized carbons (Fsp3) is 0.371. The molecule has 2 atom stereocenters. The minimum atomic E-state index is -3.13. The van der Waals surface area contributed by atoms with E-state index in [-0.39, 0.29) is 16.9 Å². The van der Waals surface area contributed by atoms with E-state index in [9.17, 15) is 14.4 Å². The van der Waals surface area contributed by atoms with Crippen molar-refractivity contribution in [1.82, 2.24) is 10.6 Å². The maximum Gasteiger partial charge on any atom is 0.258 e. The van der Waals surface area contributed by atoms with Crippen LogP contribution in [-0.2, 0) is 9.59 Å². The van der Waals surface area contributed by atoms with Gasteiger partial charge in [0.25, 0.3) is 8.32 Å². The monoisotopic (exact) mass is 570 g/mol. The molecule has 0 heterocycles. The molecule has 0 fully saturated rings. The fourth-order valence-electron chi connectivity index (χ4n) is 5.24. The summed E-state index contributed by atoms with van der Waals surface area (Å²) >= 11 is 0. The fourth-order valence-corrected chi connectivity index (χ4v) is 9.07. The van der Waals surface area contributed by atoms with Gasteiger partial charge in [0.05, 0.1) is 0 Å². The maximum atomic E-state index is 13.0. The molecule has 2 amide bonds. The highest BCUT2D eigenvalue weighted by Gasteiger charge is 2.50. The minimum Gasteiger partial charge on any atom is -0.424 e. The highest BCUT2D eigenvalue weighted by Crippen LogP contribution is 2.43. The Morgan fingerprint density at radius 1 is 0.951 bits per heavy atom. The van der Waals surface area contributed by atoms with Gasteiger partial charge >= 0.3 is 0 Å². The van der Waals surface area contributed by atoms with Crippen molar-refractivity contribution in [3.05, 3.63) is 97.2 Å². The Kier molecular flexibility index (Phi) is 12.6. The molecule has 2 aromatic rings. The van der Waals surface area contributed by atoms with E-state index >= 15 is 0 Å². The Morgan fingerprint density at radius 3 is 1.98 bits per heavy atom. The van der Waals surface area contributed by atoms with Gasteiger partial charge in [0.2, 0.25) is 11.8 Å². The Morgan fingerprint density at radius 2 is 1.49 bits per heavy atom. The van der Waals surface area contributed by atoms with E-state index in [1.54, 1.807) is 6.20 Å². The molecule has 0 bridgehead atoms. The van der Waals surface area contributed by atoms with Gasteiger partial charge in [-0.3, -0.25) is 9.59 Å². The SMILES string of the molecule is C#C/C=C/C(=O)N[C@H](C(=O)N/C=C\C[C@H](C/C=C\C)CC(C)(C)[Si](O)(c1ccccc1)c1ccccc1)C(C)(C)C. The van der Waals surface area contributed by atoms with Crippen LogP contribution in [0.15, 0.2) is 97.2 Å². The number of hydrogen-bond donors (Lipinski definition) is 3. The van der Waals surface area contributed by atoms with E-state index in [4.69, 9.17) is 6.42 Å². The van der Waals surface area contributed by atoms with E-state index in [0.717, 1.165) is 29.6 Å². The number of carbonyl (C=O) groups is 2. The number of hydrogen-bond acceptors (Lipinski definition) is 3. The first-order valence-electron chi connectivity index (χ1n) is 14.2. The van der Waals surface area contributed by atoms with Crippen molar-refractivity contribution in [2.75, 3.05) is 0 Å². The molecule has 0 radical (unpaired) electrons. The van der Waals surface area contributed by atoms with Crippen LogP contribution in [0.25, 0.3) is 0 Å². The lowest BCUT2D eigenvalue weighted by atomic mass is 9.86. The smallest absolute Gasteiger partial charge is 0.258 e. The van der Waals surface area contributed by atoms with Gasteiger partial charge in [-0.15, -0.1) is 6.42 Å². The van der Waals surface area contributed by atoms with Gasteiger partial charge in [0, 0.05) is 6.08 Å². The van der Waals surface area contributed by atoms with Gasteiger partial charge in [-0.25, -0.2) is 0 Å². The highest BCUT2D eigenvalue weighted by atomic mass is 28.4. The van der Waals surface area contributed by atoms with E-state index in [2.05, 4.69) is 42.6 Å². The molecular weight excluding hydrogens is 524 g/mol. The first kappa shape index (κ1) is 33.5. The summed E-state index contributed by atoms with van der Waals surface area (Å²) in [5.74, 6) is 1.81. The molecule has 0 aliphatic heterocycles. The van der Waals surface area contributed by atoms with Crippen LogP contribution in [0.1, 0.15) is 60.8 Å². The van der Waals surface area contributed by atoms with Gasteiger partial charge in [0.1, 0.15) is 6.04 Å². The van der Waals surface area contributed by atoms with Crippen molar-refractivity contribution >= 4 is 30.5 Å². The average molecular weight is 571 g/mol. The summed E-state index contributed by atoms with van der Waals surface area (Å²) in [7, 11) is -3.13. The van der Waals surface area contributed by atoms with Crippen molar-refractivity contribution in [2.24, 2.45) is 11.3 Å². The summed E-state index contributed by atoms with van der Waals surface area (Å²) in [6, 6.07) is 19.4. The Labute approximate surface area is 248 Å². The summed E-state index contributed by atoms with van der Waals surface area (Å²) < 4.78 is 0. The zero-order valence-corrected chi connectivity index (χ0v) is 26.4. The van der Waals surface area contributed by atoms with Gasteiger partial charge in [-0.2, -0.15) is 0 Å². The van der Waals surface area contributed by atoms with Crippen LogP contribution in [0.3, 0.4) is 0 Å². The molecule has 218 valence electrons. The maximum absolute atomic E-state index is 13.0. The molecule has 3 N–H and O–H groups in total. The molecule has 0 unspecified atom stereocenters. The molecule has 0 aliphatic rings.